The molecule has 0 aliphatic carbocycles. The predicted octanol–water partition coefficient (Wildman–Crippen LogP) is 2.28. The Morgan fingerprint density at radius 1 is 1.28 bits per heavy atom. The number of pyridine rings is 1. The lowest BCUT2D eigenvalue weighted by atomic mass is 10.1. The van der Waals surface area contributed by atoms with Crippen LogP contribution in [-0.4, -0.2) is 20.8 Å². The maximum absolute atomic E-state index is 5.87. The van der Waals surface area contributed by atoms with Gasteiger partial charge in [0, 0.05) is 18.4 Å². The lowest BCUT2D eigenvalue weighted by molar-refractivity contribution is 0.711. The van der Waals surface area contributed by atoms with Crippen LogP contribution in [0.5, 0.6) is 0 Å². The average molecular weight is 244 g/mol. The van der Waals surface area contributed by atoms with Gasteiger partial charge in [-0.3, -0.25) is 0 Å². The molecule has 1 unspecified atom stereocenters. The zero-order chi connectivity index (χ0) is 13.1. The molecule has 0 spiro atoms. The van der Waals surface area contributed by atoms with Crippen LogP contribution in [0.1, 0.15) is 37.9 Å². The van der Waals surface area contributed by atoms with Gasteiger partial charge in [0.2, 0.25) is 0 Å². The summed E-state index contributed by atoms with van der Waals surface area (Å²) in [6, 6.07) is 6.15. The molecule has 2 aromatic heterocycles. The minimum atomic E-state index is 0.119. The highest BCUT2D eigenvalue weighted by atomic mass is 15.3. The van der Waals surface area contributed by atoms with Gasteiger partial charge in [-0.15, -0.1) is 0 Å². The van der Waals surface area contributed by atoms with E-state index in [1.807, 2.05) is 29.9 Å². The highest BCUT2D eigenvalue weighted by Gasteiger charge is 2.10. The van der Waals surface area contributed by atoms with E-state index in [0.717, 1.165) is 23.5 Å². The van der Waals surface area contributed by atoms with Gasteiger partial charge >= 0.3 is 0 Å². The van der Waals surface area contributed by atoms with Crippen molar-refractivity contribution in [1.82, 2.24) is 14.8 Å². The van der Waals surface area contributed by atoms with E-state index in [1.54, 1.807) is 6.20 Å². The van der Waals surface area contributed by atoms with Gasteiger partial charge in [0.25, 0.3) is 0 Å². The molecule has 1 atom stereocenters. The smallest absolute Gasteiger partial charge is 0.156 e. The number of rotatable bonds is 4. The minimum absolute atomic E-state index is 0.119. The summed E-state index contributed by atoms with van der Waals surface area (Å²) in [5.41, 5.74) is 8.07. The molecule has 96 valence electrons. The Bertz CT molecular complexity index is 514. The van der Waals surface area contributed by atoms with Crippen molar-refractivity contribution in [3.8, 4) is 5.82 Å². The molecule has 0 saturated carbocycles. The summed E-state index contributed by atoms with van der Waals surface area (Å²) in [7, 11) is 0. The summed E-state index contributed by atoms with van der Waals surface area (Å²) in [5.74, 6) is 1.30. The van der Waals surface area contributed by atoms with E-state index >= 15 is 0 Å². The molecular weight excluding hydrogens is 224 g/mol. The van der Waals surface area contributed by atoms with E-state index < -0.39 is 0 Å². The Morgan fingerprint density at radius 3 is 2.67 bits per heavy atom. The minimum Gasteiger partial charge on any atom is -0.328 e. The first-order valence-corrected chi connectivity index (χ1v) is 6.33. The zero-order valence-electron chi connectivity index (χ0n) is 11.2. The van der Waals surface area contributed by atoms with Crippen LogP contribution in [0.4, 0.5) is 0 Å². The Kier molecular flexibility index (Phi) is 3.77. The first-order chi connectivity index (χ1) is 8.58. The van der Waals surface area contributed by atoms with Crippen LogP contribution in [0.25, 0.3) is 5.82 Å². The molecule has 4 nitrogen and oxygen atoms in total. The Hall–Kier alpha value is -1.68. The second-order valence-corrected chi connectivity index (χ2v) is 5.01. The van der Waals surface area contributed by atoms with E-state index in [0.29, 0.717) is 5.92 Å². The van der Waals surface area contributed by atoms with Gasteiger partial charge in [-0.1, -0.05) is 19.9 Å². The summed E-state index contributed by atoms with van der Waals surface area (Å²) in [5, 5.41) is 4.56. The average Bonchev–Trinajstić information content (AvgIpc) is 2.78. The summed E-state index contributed by atoms with van der Waals surface area (Å²) < 4.78 is 1.84. The molecule has 0 radical (unpaired) electrons. The van der Waals surface area contributed by atoms with Gasteiger partial charge in [-0.05, 0) is 37.0 Å². The van der Waals surface area contributed by atoms with Crippen molar-refractivity contribution in [2.24, 2.45) is 5.73 Å². The van der Waals surface area contributed by atoms with Crippen molar-refractivity contribution in [2.45, 2.75) is 39.2 Å². The molecule has 2 rings (SSSR count). The normalized spacial score (nSPS) is 12.9. The molecule has 0 fully saturated rings. The monoisotopic (exact) mass is 244 g/mol. The van der Waals surface area contributed by atoms with Crippen LogP contribution in [-0.2, 0) is 6.42 Å². The first-order valence-electron chi connectivity index (χ1n) is 6.33. The number of aromatic nitrogens is 3. The van der Waals surface area contributed by atoms with Gasteiger partial charge in [0.15, 0.2) is 5.82 Å². The molecule has 4 heteroatoms. The lowest BCUT2D eigenvalue weighted by Crippen LogP contribution is -2.19. The Balaban J connectivity index is 2.36. The highest BCUT2D eigenvalue weighted by molar-refractivity contribution is 5.33. The van der Waals surface area contributed by atoms with Crippen molar-refractivity contribution >= 4 is 0 Å². The Morgan fingerprint density at radius 2 is 2.06 bits per heavy atom. The standard InChI is InChI=1S/C14H20N4/c1-10(2)13-6-8-18(17-13)14-12(9-11(3)15)5-4-7-16-14/h4-8,10-11H,9,15H2,1-3H3. The SMILES string of the molecule is CC(N)Cc1cccnc1-n1ccc(C(C)C)n1. The third-order valence-electron chi connectivity index (χ3n) is 2.83. The van der Waals surface area contributed by atoms with E-state index in [-0.39, 0.29) is 6.04 Å². The Labute approximate surface area is 108 Å². The first kappa shape index (κ1) is 12.8. The molecular formula is C14H20N4. The summed E-state index contributed by atoms with van der Waals surface area (Å²) in [6.45, 7) is 6.27. The predicted molar refractivity (Wildman–Crippen MR) is 72.8 cm³/mol. The van der Waals surface area contributed by atoms with Crippen LogP contribution in [0.3, 0.4) is 0 Å². The number of hydrogen-bond donors (Lipinski definition) is 1. The molecule has 2 aromatic rings. The molecule has 0 aromatic carbocycles. The van der Waals surface area contributed by atoms with Gasteiger partial charge in [0.1, 0.15) is 0 Å². The quantitative estimate of drug-likeness (QED) is 0.897. The van der Waals surface area contributed by atoms with Crippen LogP contribution in [0, 0.1) is 0 Å². The highest BCUT2D eigenvalue weighted by Crippen LogP contribution is 2.16. The largest absolute Gasteiger partial charge is 0.328 e. The maximum Gasteiger partial charge on any atom is 0.156 e. The van der Waals surface area contributed by atoms with Crippen LogP contribution in [0.2, 0.25) is 0 Å². The molecule has 18 heavy (non-hydrogen) atoms. The fourth-order valence-corrected chi connectivity index (χ4v) is 1.91. The topological polar surface area (TPSA) is 56.7 Å². The molecule has 0 amide bonds. The molecule has 0 saturated heterocycles. The maximum atomic E-state index is 5.87. The fourth-order valence-electron chi connectivity index (χ4n) is 1.91. The number of nitrogens with two attached hydrogens (primary N) is 1. The van der Waals surface area contributed by atoms with Crippen molar-refractivity contribution in [3.05, 3.63) is 41.9 Å². The summed E-state index contributed by atoms with van der Waals surface area (Å²) in [4.78, 5) is 4.42. The van der Waals surface area contributed by atoms with Crippen molar-refractivity contribution in [2.75, 3.05) is 0 Å². The molecule has 0 bridgehead atoms. The van der Waals surface area contributed by atoms with Crippen molar-refractivity contribution in [3.63, 3.8) is 0 Å². The number of hydrogen-bond acceptors (Lipinski definition) is 3. The van der Waals surface area contributed by atoms with Gasteiger partial charge in [0.05, 0.1) is 5.69 Å². The fraction of sp³-hybridized carbons (Fsp3) is 0.429. The molecule has 2 heterocycles. The zero-order valence-corrected chi connectivity index (χ0v) is 11.2. The van der Waals surface area contributed by atoms with Gasteiger partial charge in [-0.2, -0.15) is 5.10 Å². The van der Waals surface area contributed by atoms with E-state index in [1.165, 1.54) is 0 Å². The van der Waals surface area contributed by atoms with E-state index in [2.05, 4.69) is 30.0 Å². The summed E-state index contributed by atoms with van der Waals surface area (Å²) >= 11 is 0. The third-order valence-corrected chi connectivity index (χ3v) is 2.83. The van der Waals surface area contributed by atoms with Crippen LogP contribution < -0.4 is 5.73 Å². The van der Waals surface area contributed by atoms with Gasteiger partial charge in [-0.25, -0.2) is 9.67 Å². The third kappa shape index (κ3) is 2.76. The van der Waals surface area contributed by atoms with Crippen LogP contribution in [0.15, 0.2) is 30.6 Å². The molecule has 0 aliphatic rings. The second-order valence-electron chi connectivity index (χ2n) is 5.01. The number of nitrogens with zero attached hydrogens (tertiary/aromatic N) is 3. The summed E-state index contributed by atoms with van der Waals surface area (Å²) in [6.07, 6.45) is 4.55. The van der Waals surface area contributed by atoms with Crippen molar-refractivity contribution in [1.29, 1.82) is 0 Å². The lowest BCUT2D eigenvalue weighted by Gasteiger charge is -2.10. The van der Waals surface area contributed by atoms with Gasteiger partial charge < -0.3 is 5.73 Å². The molecule has 0 aliphatic heterocycles. The van der Waals surface area contributed by atoms with Crippen molar-refractivity contribution < 1.29 is 0 Å². The molecule has 2 N–H and O–H groups in total. The van der Waals surface area contributed by atoms with E-state index in [9.17, 15) is 0 Å². The second kappa shape index (κ2) is 5.31. The van der Waals surface area contributed by atoms with E-state index in [4.69, 9.17) is 5.73 Å². The van der Waals surface area contributed by atoms with Crippen LogP contribution >= 0.6 is 0 Å².